The summed E-state index contributed by atoms with van der Waals surface area (Å²) in [6.07, 6.45) is -3.68. The number of ketones is 1. The summed E-state index contributed by atoms with van der Waals surface area (Å²) in [5, 5.41) is 10.5. The molecular weight excluding hydrogens is 827 g/mol. The molecule has 2 fully saturated rings. The van der Waals surface area contributed by atoms with Gasteiger partial charge in [0, 0.05) is 25.7 Å². The molecule has 0 aliphatic carbocycles. The summed E-state index contributed by atoms with van der Waals surface area (Å²) in [4.78, 5) is 43.9. The van der Waals surface area contributed by atoms with Crippen molar-refractivity contribution < 1.29 is 52.3 Å². The highest BCUT2D eigenvalue weighted by Crippen LogP contribution is 2.37. The van der Waals surface area contributed by atoms with E-state index in [-0.39, 0.29) is 44.5 Å². The molecule has 2 saturated heterocycles. The quantitative estimate of drug-likeness (QED) is 0.0455. The first-order valence-corrected chi connectivity index (χ1v) is 22.4. The first-order chi connectivity index (χ1) is 31.4. The summed E-state index contributed by atoms with van der Waals surface area (Å²) in [5.74, 6) is -2.00. The Balaban J connectivity index is 1.15. The van der Waals surface area contributed by atoms with E-state index in [0.717, 1.165) is 32.7 Å². The smallest absolute Gasteiger partial charge is 0.417 e. The lowest BCUT2D eigenvalue weighted by molar-refractivity contribution is -0.319. The molecule has 1 N–H and O–H groups in total. The number of ether oxygens (including phenoxy) is 6. The van der Waals surface area contributed by atoms with Gasteiger partial charge in [0.25, 0.3) is 0 Å². The van der Waals surface area contributed by atoms with Crippen LogP contribution in [0, 0.1) is 18.8 Å². The van der Waals surface area contributed by atoms with Crippen molar-refractivity contribution in [3.05, 3.63) is 155 Å². The number of methoxy groups -OCH3 is 1. The van der Waals surface area contributed by atoms with Crippen LogP contribution < -0.4 is 0 Å². The van der Waals surface area contributed by atoms with E-state index in [1.54, 1.807) is 19.9 Å². The second kappa shape index (κ2) is 21.7. The molecule has 0 bridgehead atoms. The number of hydrogen-bond acceptors (Lipinski definition) is 11. The molecular formula is C53H61NO11. The number of Topliss-reactive ketones (excluding diaryl/α,β-unsaturated/α-hetero) is 1. The largest absolute Gasteiger partial charge is 0.457 e. The molecule has 65 heavy (non-hydrogen) atoms. The number of cyclic esters (lactones) is 1. The Morgan fingerprint density at radius 2 is 1.40 bits per heavy atom. The monoisotopic (exact) mass is 887 g/mol. The third-order valence-electron chi connectivity index (χ3n) is 12.1. The molecule has 5 aromatic rings. The number of furan rings is 1. The molecule has 7 rings (SSSR count). The zero-order chi connectivity index (χ0) is 46.1. The third kappa shape index (κ3) is 11.3. The van der Waals surface area contributed by atoms with Gasteiger partial charge in [-0.2, -0.15) is 0 Å². The maximum atomic E-state index is 14.8. The highest BCUT2D eigenvalue weighted by atomic mass is 16.7. The van der Waals surface area contributed by atoms with Crippen LogP contribution in [0.15, 0.2) is 126 Å². The van der Waals surface area contributed by atoms with Gasteiger partial charge in [-0.3, -0.25) is 9.59 Å². The summed E-state index contributed by atoms with van der Waals surface area (Å²) in [7, 11) is 1.52. The Morgan fingerprint density at radius 3 is 1.98 bits per heavy atom. The van der Waals surface area contributed by atoms with E-state index in [2.05, 4.69) is 0 Å². The minimum absolute atomic E-state index is 0.0163. The van der Waals surface area contributed by atoms with Gasteiger partial charge < -0.3 is 37.9 Å². The first kappa shape index (κ1) is 47.5. The first-order valence-electron chi connectivity index (χ1n) is 22.4. The lowest BCUT2D eigenvalue weighted by atomic mass is 9.86. The SMILES string of the molecule is CO[C@H]1O[C@H](CO)[C@@H](OCc2ccccc2)[C@H](OCc2ccccc2)[C@@H]1OCCCc1oc(C(=O)[C@H](Cc2ccccc2)C(=O)N2C(=O)OC(C)(C)[C@@H]2C(C)C)cc1-c1cccc(C)c1. The van der Waals surface area contributed by atoms with Crippen LogP contribution in [0.3, 0.4) is 0 Å². The minimum Gasteiger partial charge on any atom is -0.457 e. The maximum absolute atomic E-state index is 14.8. The van der Waals surface area contributed by atoms with Crippen molar-refractivity contribution in [2.75, 3.05) is 20.3 Å². The minimum atomic E-state index is -1.27. The number of nitrogens with zero attached hydrogens (tertiary/aromatic N) is 1. The van der Waals surface area contributed by atoms with Crippen LogP contribution in [0.2, 0.25) is 0 Å². The molecule has 4 aromatic carbocycles. The Morgan fingerprint density at radius 1 is 0.785 bits per heavy atom. The molecule has 2 aliphatic rings. The van der Waals surface area contributed by atoms with Gasteiger partial charge in [0.1, 0.15) is 41.7 Å². The van der Waals surface area contributed by atoms with E-state index < -0.39 is 66.1 Å². The van der Waals surface area contributed by atoms with E-state index >= 15 is 0 Å². The van der Waals surface area contributed by atoms with Gasteiger partial charge in [-0.15, -0.1) is 0 Å². The van der Waals surface area contributed by atoms with Crippen molar-refractivity contribution in [2.24, 2.45) is 11.8 Å². The van der Waals surface area contributed by atoms with Crippen molar-refractivity contribution in [1.82, 2.24) is 4.90 Å². The number of hydrogen-bond donors (Lipinski definition) is 1. The predicted molar refractivity (Wildman–Crippen MR) is 244 cm³/mol. The van der Waals surface area contributed by atoms with Crippen LogP contribution in [-0.2, 0) is 59.3 Å². The van der Waals surface area contributed by atoms with Crippen LogP contribution in [0.25, 0.3) is 11.1 Å². The summed E-state index contributed by atoms with van der Waals surface area (Å²) in [6, 6.07) is 37.9. The van der Waals surface area contributed by atoms with Crippen LogP contribution >= 0.6 is 0 Å². The second-order valence-electron chi connectivity index (χ2n) is 17.7. The van der Waals surface area contributed by atoms with Gasteiger partial charge in [0.2, 0.25) is 11.7 Å². The van der Waals surface area contributed by atoms with Gasteiger partial charge in [0.15, 0.2) is 12.1 Å². The van der Waals surface area contributed by atoms with Crippen molar-refractivity contribution in [2.45, 2.75) is 109 Å². The molecule has 1 aromatic heterocycles. The Kier molecular flexibility index (Phi) is 15.8. The van der Waals surface area contributed by atoms with Crippen molar-refractivity contribution >= 4 is 17.8 Å². The fraction of sp³-hybridized carbons (Fsp3) is 0.415. The number of imide groups is 1. The number of carbonyl (C=O) groups excluding carboxylic acids is 3. The van der Waals surface area contributed by atoms with Crippen molar-refractivity contribution in [1.29, 1.82) is 0 Å². The predicted octanol–water partition coefficient (Wildman–Crippen LogP) is 8.93. The number of aliphatic hydroxyl groups is 1. The van der Waals surface area contributed by atoms with Gasteiger partial charge in [-0.1, -0.05) is 135 Å². The molecule has 2 aliphatic heterocycles. The number of amides is 2. The Hall–Kier alpha value is -5.47. The average molecular weight is 888 g/mol. The van der Waals surface area contributed by atoms with E-state index in [9.17, 15) is 19.5 Å². The summed E-state index contributed by atoms with van der Waals surface area (Å²) in [6.45, 7) is 9.83. The van der Waals surface area contributed by atoms with Crippen LogP contribution in [0.5, 0.6) is 0 Å². The summed E-state index contributed by atoms with van der Waals surface area (Å²) in [5.41, 5.74) is 4.31. The fourth-order valence-corrected chi connectivity index (χ4v) is 9.13. The number of benzene rings is 4. The molecule has 0 radical (unpaired) electrons. The van der Waals surface area contributed by atoms with Gasteiger partial charge in [-0.25, -0.2) is 9.69 Å². The van der Waals surface area contributed by atoms with Gasteiger partial charge in [-0.05, 0) is 67.9 Å². The molecule has 3 heterocycles. The molecule has 12 heteroatoms. The van der Waals surface area contributed by atoms with Crippen LogP contribution in [0.1, 0.15) is 72.7 Å². The van der Waals surface area contributed by atoms with E-state index in [0.29, 0.717) is 24.2 Å². The lowest BCUT2D eigenvalue weighted by Gasteiger charge is -2.45. The van der Waals surface area contributed by atoms with Gasteiger partial charge >= 0.3 is 6.09 Å². The number of aryl methyl sites for hydroxylation is 2. The zero-order valence-corrected chi connectivity index (χ0v) is 38.1. The van der Waals surface area contributed by atoms with Crippen molar-refractivity contribution in [3.63, 3.8) is 0 Å². The number of carbonyl (C=O) groups is 3. The van der Waals surface area contributed by atoms with Crippen LogP contribution in [0.4, 0.5) is 4.79 Å². The molecule has 0 spiro atoms. The number of rotatable bonds is 20. The Bertz CT molecular complexity index is 2330. The van der Waals surface area contributed by atoms with E-state index in [4.69, 9.17) is 32.8 Å². The van der Waals surface area contributed by atoms with Gasteiger partial charge in [0.05, 0.1) is 25.9 Å². The highest BCUT2D eigenvalue weighted by Gasteiger charge is 2.54. The normalized spacial score (nSPS) is 22.2. The molecule has 7 atom stereocenters. The third-order valence-corrected chi connectivity index (χ3v) is 12.1. The second-order valence-corrected chi connectivity index (χ2v) is 17.7. The van der Waals surface area contributed by atoms with E-state index in [1.165, 1.54) is 7.11 Å². The summed E-state index contributed by atoms with van der Waals surface area (Å²) < 4.78 is 44.0. The Labute approximate surface area is 381 Å². The fourth-order valence-electron chi connectivity index (χ4n) is 9.13. The average Bonchev–Trinajstić information content (AvgIpc) is 3.85. The summed E-state index contributed by atoms with van der Waals surface area (Å²) >= 11 is 0. The topological polar surface area (TPSA) is 143 Å². The maximum Gasteiger partial charge on any atom is 0.417 e. The molecule has 344 valence electrons. The highest BCUT2D eigenvalue weighted by molar-refractivity contribution is 6.12. The zero-order valence-electron chi connectivity index (χ0n) is 38.1. The van der Waals surface area contributed by atoms with E-state index in [1.807, 2.05) is 136 Å². The number of aliphatic hydroxyl groups excluding tert-OH is 1. The molecule has 2 amide bonds. The molecule has 0 saturated carbocycles. The molecule has 0 unspecified atom stereocenters. The standard InChI is InChI=1S/C53H61NO11/c1-34(2)49-53(4,5)65-52(58)54(49)50(57)41(29-36-19-10-7-11-20-36)45(56)43-30-40(39-25-16-18-35(3)28-39)42(63-43)26-17-27-60-48-47(62-33-38-23-14-9-15-24-38)46(44(31-55)64-51(48)59-6)61-32-37-21-12-8-13-22-37/h7-16,18-25,28,30,34,41,44,46-49,51,55H,17,26-27,29,31-33H2,1-6H3/t41-,44+,46+,47-,48-,49-,51-/m0/s1. The lowest BCUT2D eigenvalue weighted by Crippen LogP contribution is -2.61. The molecule has 12 nitrogen and oxygen atoms in total. The van der Waals surface area contributed by atoms with Crippen LogP contribution in [-0.4, -0.2) is 90.5 Å². The van der Waals surface area contributed by atoms with Crippen molar-refractivity contribution in [3.8, 4) is 11.1 Å².